The molecule has 4 heterocycles. The summed E-state index contributed by atoms with van der Waals surface area (Å²) in [5.41, 5.74) is 9.52. The van der Waals surface area contributed by atoms with Gasteiger partial charge in [0, 0.05) is 69.5 Å². The van der Waals surface area contributed by atoms with Crippen molar-refractivity contribution < 1.29 is 4.42 Å². The van der Waals surface area contributed by atoms with Crippen LogP contribution in [-0.2, 0) is 0 Å². The van der Waals surface area contributed by atoms with Gasteiger partial charge >= 0.3 is 0 Å². The summed E-state index contributed by atoms with van der Waals surface area (Å²) in [6, 6.07) is 63.1. The number of furan rings is 1. The molecular weight excluding hydrogens is 729 g/mol. The Morgan fingerprint density at radius 2 is 1.02 bits per heavy atom. The van der Waals surface area contributed by atoms with E-state index in [9.17, 15) is 0 Å². The van der Waals surface area contributed by atoms with Crippen LogP contribution < -0.4 is 0 Å². The van der Waals surface area contributed by atoms with Gasteiger partial charge in [0.05, 0.1) is 11.2 Å². The van der Waals surface area contributed by atoms with Gasteiger partial charge in [0.1, 0.15) is 11.2 Å². The lowest BCUT2D eigenvalue weighted by Gasteiger charge is -2.11. The van der Waals surface area contributed by atoms with Crippen LogP contribution in [-0.4, -0.2) is 19.9 Å². The maximum absolute atomic E-state index is 6.41. The molecule has 0 atom stereocenters. The smallest absolute Gasteiger partial charge is 0.164 e. The van der Waals surface area contributed by atoms with E-state index in [4.69, 9.17) is 24.4 Å². The standard InChI is InChI=1S/C52H30N4OS/c1-2-13-33(14-3-1)50-54-51(56-52(55-50)36-16-10-15-35(30-36)38-20-11-21-40-39-18-6-8-22-43(39)57-48(38)40)34-26-24-32(25-27-34)46-45-41-19-7-9-23-44(41)58-49(45)42-29-28-31-12-4-5-17-37(31)47(42)53-46/h1-30H. The number of hydrogen-bond acceptors (Lipinski definition) is 6. The van der Waals surface area contributed by atoms with Crippen molar-refractivity contribution >= 4 is 75.1 Å². The number of fused-ring (bicyclic) bond motifs is 10. The molecule has 0 N–H and O–H groups in total. The summed E-state index contributed by atoms with van der Waals surface area (Å²) in [7, 11) is 0. The van der Waals surface area contributed by atoms with E-state index in [0.717, 1.165) is 71.9 Å². The van der Waals surface area contributed by atoms with Gasteiger partial charge in [-0.15, -0.1) is 11.3 Å². The summed E-state index contributed by atoms with van der Waals surface area (Å²) in [6.45, 7) is 0. The van der Waals surface area contributed by atoms with Crippen LogP contribution in [0.2, 0.25) is 0 Å². The van der Waals surface area contributed by atoms with Crippen molar-refractivity contribution in [2.75, 3.05) is 0 Å². The summed E-state index contributed by atoms with van der Waals surface area (Å²) in [5.74, 6) is 1.81. The van der Waals surface area contributed by atoms with Gasteiger partial charge in [0.2, 0.25) is 0 Å². The Kier molecular flexibility index (Phi) is 7.33. The third-order valence-corrected chi connectivity index (χ3v) is 12.3. The topological polar surface area (TPSA) is 64.7 Å². The molecule has 58 heavy (non-hydrogen) atoms. The number of benzene rings is 8. The van der Waals surface area contributed by atoms with Gasteiger partial charge in [-0.3, -0.25) is 0 Å². The lowest BCUT2D eigenvalue weighted by molar-refractivity contribution is 0.670. The van der Waals surface area contributed by atoms with Crippen molar-refractivity contribution in [3.05, 3.63) is 182 Å². The van der Waals surface area contributed by atoms with Gasteiger partial charge in [0.15, 0.2) is 17.5 Å². The molecule has 0 saturated carbocycles. The molecule has 5 nitrogen and oxygen atoms in total. The van der Waals surface area contributed by atoms with Crippen molar-refractivity contribution in [1.29, 1.82) is 0 Å². The summed E-state index contributed by atoms with van der Waals surface area (Å²) < 4.78 is 8.92. The van der Waals surface area contributed by atoms with Crippen LogP contribution in [0.15, 0.2) is 186 Å². The van der Waals surface area contributed by atoms with E-state index in [1.54, 1.807) is 0 Å². The zero-order chi connectivity index (χ0) is 38.2. The summed E-state index contributed by atoms with van der Waals surface area (Å²) >= 11 is 1.84. The van der Waals surface area contributed by atoms with Crippen LogP contribution in [0.5, 0.6) is 0 Å². The SMILES string of the molecule is c1ccc(-c2nc(-c3ccc(-c4nc5c6ccccc6ccc5c5sc6ccccc6c45)cc3)nc(-c3cccc(-c4cccc5c4oc4ccccc45)c3)n2)cc1. The minimum Gasteiger partial charge on any atom is -0.455 e. The molecule has 270 valence electrons. The van der Waals surface area contributed by atoms with Gasteiger partial charge in [-0.25, -0.2) is 19.9 Å². The van der Waals surface area contributed by atoms with Crippen molar-refractivity contribution in [2.45, 2.75) is 0 Å². The Hall–Kier alpha value is -7.54. The fourth-order valence-electron chi connectivity index (χ4n) is 8.33. The lowest BCUT2D eigenvalue weighted by Crippen LogP contribution is -2.00. The average molecular weight is 759 g/mol. The zero-order valence-corrected chi connectivity index (χ0v) is 31.7. The predicted molar refractivity (Wildman–Crippen MR) is 240 cm³/mol. The minimum absolute atomic E-state index is 0.598. The molecule has 12 rings (SSSR count). The van der Waals surface area contributed by atoms with Crippen molar-refractivity contribution in [2.24, 2.45) is 0 Å². The molecule has 0 aliphatic rings. The summed E-state index contributed by atoms with van der Waals surface area (Å²) in [6.07, 6.45) is 0. The van der Waals surface area contributed by atoms with Crippen LogP contribution in [0, 0.1) is 0 Å². The van der Waals surface area contributed by atoms with Gasteiger partial charge in [-0.2, -0.15) is 0 Å². The van der Waals surface area contributed by atoms with Gasteiger partial charge in [-0.1, -0.05) is 164 Å². The van der Waals surface area contributed by atoms with E-state index in [1.807, 2.05) is 59.9 Å². The number of nitrogens with zero attached hydrogens (tertiary/aromatic N) is 4. The summed E-state index contributed by atoms with van der Waals surface area (Å²) in [4.78, 5) is 20.7. The Morgan fingerprint density at radius 1 is 0.397 bits per heavy atom. The molecule has 0 aliphatic carbocycles. The number of hydrogen-bond donors (Lipinski definition) is 0. The normalized spacial score (nSPS) is 11.8. The quantitative estimate of drug-likeness (QED) is 0.164. The van der Waals surface area contributed by atoms with Gasteiger partial charge in [0.25, 0.3) is 0 Å². The number of pyridine rings is 1. The Labute approximate surface area is 336 Å². The highest BCUT2D eigenvalue weighted by Crippen LogP contribution is 2.44. The number of aromatic nitrogens is 4. The van der Waals surface area contributed by atoms with Crippen molar-refractivity contribution in [1.82, 2.24) is 19.9 Å². The van der Waals surface area contributed by atoms with Crippen molar-refractivity contribution in [3.63, 3.8) is 0 Å². The maximum Gasteiger partial charge on any atom is 0.164 e. The lowest BCUT2D eigenvalue weighted by atomic mass is 9.99. The number of rotatable bonds is 5. The first-order valence-corrected chi connectivity index (χ1v) is 20.1. The highest BCUT2D eigenvalue weighted by Gasteiger charge is 2.19. The molecule has 8 aromatic carbocycles. The maximum atomic E-state index is 6.41. The third kappa shape index (κ3) is 5.23. The van der Waals surface area contributed by atoms with Crippen LogP contribution in [0.1, 0.15) is 0 Å². The van der Waals surface area contributed by atoms with Gasteiger partial charge in [-0.05, 0) is 29.1 Å². The first-order valence-electron chi connectivity index (χ1n) is 19.3. The Bertz CT molecular complexity index is 3570. The number of thiophene rings is 1. The predicted octanol–water partition coefficient (Wildman–Crippen LogP) is 14.2. The second kappa shape index (κ2) is 13.0. The highest BCUT2D eigenvalue weighted by atomic mass is 32.1. The molecule has 0 amide bonds. The molecule has 6 heteroatoms. The molecule has 0 aliphatic heterocycles. The number of para-hydroxylation sites is 2. The van der Waals surface area contributed by atoms with Crippen LogP contribution in [0.4, 0.5) is 0 Å². The molecule has 0 spiro atoms. The second-order valence-corrected chi connectivity index (χ2v) is 15.6. The first-order chi connectivity index (χ1) is 28.7. The molecule has 0 fully saturated rings. The Morgan fingerprint density at radius 3 is 1.86 bits per heavy atom. The molecule has 0 bridgehead atoms. The molecule has 0 radical (unpaired) electrons. The third-order valence-electron chi connectivity index (χ3n) is 11.1. The molecule has 4 aromatic heterocycles. The van der Waals surface area contributed by atoms with Crippen LogP contribution in [0.3, 0.4) is 0 Å². The van der Waals surface area contributed by atoms with E-state index in [2.05, 4.69) is 133 Å². The largest absolute Gasteiger partial charge is 0.455 e. The molecule has 0 saturated heterocycles. The monoisotopic (exact) mass is 758 g/mol. The van der Waals surface area contributed by atoms with E-state index in [-0.39, 0.29) is 0 Å². The van der Waals surface area contributed by atoms with Crippen molar-refractivity contribution in [3.8, 4) is 56.5 Å². The van der Waals surface area contributed by atoms with E-state index in [1.165, 1.54) is 30.9 Å². The van der Waals surface area contributed by atoms with Gasteiger partial charge < -0.3 is 4.42 Å². The highest BCUT2D eigenvalue weighted by molar-refractivity contribution is 7.26. The molecule has 12 aromatic rings. The van der Waals surface area contributed by atoms with E-state index < -0.39 is 0 Å². The fourth-order valence-corrected chi connectivity index (χ4v) is 9.56. The average Bonchev–Trinajstić information content (AvgIpc) is 3.88. The Balaban J connectivity index is 1.00. The molecule has 0 unspecified atom stereocenters. The zero-order valence-electron chi connectivity index (χ0n) is 30.9. The minimum atomic E-state index is 0.598. The molecular formula is C52H30N4OS. The van der Waals surface area contributed by atoms with E-state index in [0.29, 0.717) is 17.5 Å². The summed E-state index contributed by atoms with van der Waals surface area (Å²) in [5, 5.41) is 8.12. The fraction of sp³-hybridized carbons (Fsp3) is 0. The first kappa shape index (κ1) is 32.7. The van der Waals surface area contributed by atoms with E-state index >= 15 is 0 Å². The van der Waals surface area contributed by atoms with Crippen LogP contribution in [0.25, 0.3) is 120 Å². The second-order valence-electron chi connectivity index (χ2n) is 14.6. The van der Waals surface area contributed by atoms with Crippen LogP contribution >= 0.6 is 11.3 Å².